The number of ether oxygens (including phenoxy) is 1. The van der Waals surface area contributed by atoms with Crippen molar-refractivity contribution < 1.29 is 17.9 Å². The second-order valence-electron chi connectivity index (χ2n) is 3.01. The van der Waals surface area contributed by atoms with Gasteiger partial charge in [-0.3, -0.25) is 4.79 Å². The zero-order valence-corrected chi connectivity index (χ0v) is 8.84. The number of methoxy groups -OCH3 is 1. The SMILES string of the molecule is COC(=O)CNS(=O)(=O)N1CCCC1. The Kier molecular flexibility index (Phi) is 3.85. The summed E-state index contributed by atoms with van der Waals surface area (Å²) in [4.78, 5) is 10.7. The number of carbonyl (C=O) groups is 1. The molecule has 1 saturated heterocycles. The highest BCUT2D eigenvalue weighted by molar-refractivity contribution is 7.87. The predicted octanol–water partition coefficient (Wildman–Crippen LogP) is -0.910. The van der Waals surface area contributed by atoms with E-state index in [0.717, 1.165) is 12.8 Å². The van der Waals surface area contributed by atoms with Crippen molar-refractivity contribution in [2.24, 2.45) is 0 Å². The minimum atomic E-state index is -3.48. The molecule has 1 rings (SSSR count). The summed E-state index contributed by atoms with van der Waals surface area (Å²) in [5.41, 5.74) is 0. The molecule has 1 fully saturated rings. The Hall–Kier alpha value is -0.660. The van der Waals surface area contributed by atoms with Gasteiger partial charge in [-0.05, 0) is 12.8 Å². The summed E-state index contributed by atoms with van der Waals surface area (Å²) in [5, 5.41) is 0. The van der Waals surface area contributed by atoms with Gasteiger partial charge in [-0.1, -0.05) is 0 Å². The molecule has 1 N–H and O–H groups in total. The molecule has 1 heterocycles. The number of carbonyl (C=O) groups excluding carboxylic acids is 1. The molecule has 82 valence electrons. The number of hydrogen-bond acceptors (Lipinski definition) is 4. The summed E-state index contributed by atoms with van der Waals surface area (Å²) in [5.74, 6) is -0.590. The summed E-state index contributed by atoms with van der Waals surface area (Å²) >= 11 is 0. The normalized spacial score (nSPS) is 18.4. The fourth-order valence-corrected chi connectivity index (χ4v) is 2.46. The van der Waals surface area contributed by atoms with Crippen LogP contribution in [0, 0.1) is 0 Å². The third-order valence-electron chi connectivity index (χ3n) is 2.03. The van der Waals surface area contributed by atoms with Crippen molar-refractivity contribution >= 4 is 16.2 Å². The maximum atomic E-state index is 11.5. The van der Waals surface area contributed by atoms with Crippen LogP contribution in [0.25, 0.3) is 0 Å². The number of rotatable bonds is 4. The Labute approximate surface area is 83.4 Å². The summed E-state index contributed by atoms with van der Waals surface area (Å²) in [7, 11) is -2.27. The lowest BCUT2D eigenvalue weighted by Gasteiger charge is -2.15. The minimum Gasteiger partial charge on any atom is -0.468 e. The van der Waals surface area contributed by atoms with Gasteiger partial charge in [-0.2, -0.15) is 17.4 Å². The first-order valence-corrected chi connectivity index (χ1v) is 5.82. The molecule has 1 aliphatic rings. The van der Waals surface area contributed by atoms with Gasteiger partial charge in [0.05, 0.1) is 7.11 Å². The van der Waals surface area contributed by atoms with E-state index in [2.05, 4.69) is 9.46 Å². The highest BCUT2D eigenvalue weighted by Crippen LogP contribution is 2.10. The van der Waals surface area contributed by atoms with Crippen molar-refractivity contribution in [1.82, 2.24) is 9.03 Å². The van der Waals surface area contributed by atoms with E-state index < -0.39 is 16.2 Å². The molecule has 0 amide bonds. The van der Waals surface area contributed by atoms with Crippen LogP contribution in [-0.2, 0) is 19.7 Å². The molecule has 0 saturated carbocycles. The first kappa shape index (κ1) is 11.4. The van der Waals surface area contributed by atoms with Crippen LogP contribution in [0.4, 0.5) is 0 Å². The lowest BCUT2D eigenvalue weighted by molar-refractivity contribution is -0.139. The van der Waals surface area contributed by atoms with Crippen molar-refractivity contribution in [3.63, 3.8) is 0 Å². The van der Waals surface area contributed by atoms with E-state index in [9.17, 15) is 13.2 Å². The van der Waals surface area contributed by atoms with Crippen LogP contribution in [0.3, 0.4) is 0 Å². The van der Waals surface area contributed by atoms with Gasteiger partial charge in [-0.15, -0.1) is 0 Å². The summed E-state index contributed by atoms with van der Waals surface area (Å²) < 4.78 is 30.7. The van der Waals surface area contributed by atoms with Crippen LogP contribution in [0.1, 0.15) is 12.8 Å². The van der Waals surface area contributed by atoms with E-state index >= 15 is 0 Å². The van der Waals surface area contributed by atoms with Gasteiger partial charge in [0.2, 0.25) is 0 Å². The molecule has 0 radical (unpaired) electrons. The van der Waals surface area contributed by atoms with Gasteiger partial charge >= 0.3 is 5.97 Å². The van der Waals surface area contributed by atoms with Gasteiger partial charge in [0, 0.05) is 13.1 Å². The third-order valence-corrected chi connectivity index (χ3v) is 3.59. The molecule has 0 atom stereocenters. The molecule has 0 aliphatic carbocycles. The summed E-state index contributed by atoms with van der Waals surface area (Å²) in [6.45, 7) is 0.738. The zero-order valence-electron chi connectivity index (χ0n) is 8.02. The molecule has 0 aromatic carbocycles. The highest BCUT2D eigenvalue weighted by Gasteiger charge is 2.25. The quantitative estimate of drug-likeness (QED) is 0.625. The van der Waals surface area contributed by atoms with Crippen LogP contribution < -0.4 is 4.72 Å². The molecule has 7 heteroatoms. The van der Waals surface area contributed by atoms with Gasteiger partial charge in [-0.25, -0.2) is 0 Å². The molecular weight excluding hydrogens is 208 g/mol. The molecule has 6 nitrogen and oxygen atoms in total. The Morgan fingerprint density at radius 1 is 1.43 bits per heavy atom. The van der Waals surface area contributed by atoms with E-state index in [1.165, 1.54) is 11.4 Å². The fraction of sp³-hybridized carbons (Fsp3) is 0.857. The predicted molar refractivity (Wildman–Crippen MR) is 49.7 cm³/mol. The van der Waals surface area contributed by atoms with E-state index in [1.54, 1.807) is 0 Å². The Morgan fingerprint density at radius 2 is 2.00 bits per heavy atom. The Bertz CT molecular complexity index is 295. The second-order valence-corrected chi connectivity index (χ2v) is 4.76. The van der Waals surface area contributed by atoms with Gasteiger partial charge in [0.1, 0.15) is 6.54 Å². The number of hydrogen-bond donors (Lipinski definition) is 1. The molecule has 0 aromatic heterocycles. The molecule has 1 aliphatic heterocycles. The van der Waals surface area contributed by atoms with Gasteiger partial charge in [0.15, 0.2) is 0 Å². The van der Waals surface area contributed by atoms with Crippen molar-refractivity contribution in [3.05, 3.63) is 0 Å². The van der Waals surface area contributed by atoms with Crippen LogP contribution in [0.15, 0.2) is 0 Å². The molecule has 0 bridgehead atoms. The van der Waals surface area contributed by atoms with Crippen LogP contribution in [-0.4, -0.2) is 45.4 Å². The average molecular weight is 222 g/mol. The summed E-state index contributed by atoms with van der Waals surface area (Å²) in [6.07, 6.45) is 1.75. The highest BCUT2D eigenvalue weighted by atomic mass is 32.2. The largest absolute Gasteiger partial charge is 0.468 e. The monoisotopic (exact) mass is 222 g/mol. The standard InChI is InChI=1S/C7H14N2O4S/c1-13-7(10)6-8-14(11,12)9-4-2-3-5-9/h8H,2-6H2,1H3. The van der Waals surface area contributed by atoms with E-state index in [-0.39, 0.29) is 6.54 Å². The molecular formula is C7H14N2O4S. The number of nitrogens with one attached hydrogen (secondary N) is 1. The smallest absolute Gasteiger partial charge is 0.320 e. The van der Waals surface area contributed by atoms with E-state index in [1.807, 2.05) is 0 Å². The Morgan fingerprint density at radius 3 is 2.50 bits per heavy atom. The van der Waals surface area contributed by atoms with E-state index in [0.29, 0.717) is 13.1 Å². The average Bonchev–Trinajstić information content (AvgIpc) is 2.67. The van der Waals surface area contributed by atoms with Crippen LogP contribution in [0.5, 0.6) is 0 Å². The zero-order chi connectivity index (χ0) is 10.6. The Balaban J connectivity index is 2.45. The third kappa shape index (κ3) is 2.93. The maximum Gasteiger partial charge on any atom is 0.320 e. The first-order chi connectivity index (χ1) is 6.56. The van der Waals surface area contributed by atoms with E-state index in [4.69, 9.17) is 0 Å². The maximum absolute atomic E-state index is 11.5. The fourth-order valence-electron chi connectivity index (χ4n) is 1.24. The van der Waals surface area contributed by atoms with Gasteiger partial charge in [0.25, 0.3) is 10.2 Å². The number of esters is 1. The lowest BCUT2D eigenvalue weighted by Crippen LogP contribution is -2.41. The number of nitrogens with zero attached hydrogens (tertiary/aromatic N) is 1. The van der Waals surface area contributed by atoms with Crippen molar-refractivity contribution in [1.29, 1.82) is 0 Å². The van der Waals surface area contributed by atoms with Crippen molar-refractivity contribution in [3.8, 4) is 0 Å². The van der Waals surface area contributed by atoms with Crippen LogP contribution >= 0.6 is 0 Å². The first-order valence-electron chi connectivity index (χ1n) is 4.38. The minimum absolute atomic E-state index is 0.310. The van der Waals surface area contributed by atoms with Crippen molar-refractivity contribution in [2.75, 3.05) is 26.7 Å². The molecule has 0 aromatic rings. The van der Waals surface area contributed by atoms with Crippen molar-refractivity contribution in [2.45, 2.75) is 12.8 Å². The lowest BCUT2D eigenvalue weighted by atomic mass is 10.4. The van der Waals surface area contributed by atoms with Crippen LogP contribution in [0.2, 0.25) is 0 Å². The summed E-state index contributed by atoms with van der Waals surface area (Å²) in [6, 6.07) is 0. The molecule has 0 spiro atoms. The van der Waals surface area contributed by atoms with Gasteiger partial charge < -0.3 is 4.74 Å². The molecule has 14 heavy (non-hydrogen) atoms. The topological polar surface area (TPSA) is 75.7 Å². The molecule has 0 unspecified atom stereocenters. The second kappa shape index (κ2) is 4.72.